The molecule has 0 bridgehead atoms. The first-order valence-corrected chi connectivity index (χ1v) is 5.94. The zero-order chi connectivity index (χ0) is 14.9. The van der Waals surface area contributed by atoms with E-state index in [-0.39, 0.29) is 10.6 Å². The van der Waals surface area contributed by atoms with Crippen LogP contribution in [0.4, 0.5) is 13.2 Å². The molecule has 0 spiro atoms. The highest BCUT2D eigenvalue weighted by molar-refractivity contribution is 6.33. The Morgan fingerprint density at radius 2 is 1.70 bits per heavy atom. The average Bonchev–Trinajstić information content (AvgIpc) is 2.38. The molecule has 2 aromatic carbocycles. The van der Waals surface area contributed by atoms with Crippen molar-refractivity contribution in [2.45, 2.75) is 6.18 Å². The quantitative estimate of drug-likeness (QED) is 0.890. The lowest BCUT2D eigenvalue weighted by Gasteiger charge is -2.10. The maximum atomic E-state index is 12.7. The van der Waals surface area contributed by atoms with Crippen molar-refractivity contribution in [3.63, 3.8) is 0 Å². The smallest absolute Gasteiger partial charge is 0.366 e. The van der Waals surface area contributed by atoms with Gasteiger partial charge in [-0.05, 0) is 35.4 Å². The Labute approximate surface area is 118 Å². The fraction of sp³-hybridized carbons (Fsp3) is 0.0714. The van der Waals surface area contributed by atoms with Gasteiger partial charge in [-0.15, -0.1) is 0 Å². The van der Waals surface area contributed by atoms with Crippen LogP contribution in [0.25, 0.3) is 11.1 Å². The second-order valence-electron chi connectivity index (χ2n) is 4.14. The number of carbonyl (C=O) groups excluding carboxylic acids is 1. The summed E-state index contributed by atoms with van der Waals surface area (Å²) in [5.74, 6) is -0.733. The summed E-state index contributed by atoms with van der Waals surface area (Å²) in [6.07, 6.45) is -4.42. The number of primary amides is 1. The number of amides is 1. The van der Waals surface area contributed by atoms with Crippen LogP contribution < -0.4 is 5.73 Å². The van der Waals surface area contributed by atoms with Crippen LogP contribution in [-0.2, 0) is 6.18 Å². The number of hydrogen-bond donors (Lipinski definition) is 1. The van der Waals surface area contributed by atoms with Crippen molar-refractivity contribution in [1.82, 2.24) is 0 Å². The summed E-state index contributed by atoms with van der Waals surface area (Å²) >= 11 is 5.80. The first-order chi connectivity index (χ1) is 9.29. The van der Waals surface area contributed by atoms with Crippen LogP contribution >= 0.6 is 11.6 Å². The predicted molar refractivity (Wildman–Crippen MR) is 70.4 cm³/mol. The SMILES string of the molecule is NC(=O)c1cc(-c2cccc(C(F)(F)F)c2)ccc1Cl. The van der Waals surface area contributed by atoms with Crippen molar-refractivity contribution < 1.29 is 18.0 Å². The third-order valence-corrected chi connectivity index (χ3v) is 3.08. The fourth-order valence-electron chi connectivity index (χ4n) is 1.77. The van der Waals surface area contributed by atoms with Crippen LogP contribution in [0.1, 0.15) is 15.9 Å². The van der Waals surface area contributed by atoms with Crippen LogP contribution in [0, 0.1) is 0 Å². The van der Waals surface area contributed by atoms with Crippen LogP contribution in [0.3, 0.4) is 0 Å². The van der Waals surface area contributed by atoms with Gasteiger partial charge in [0.25, 0.3) is 0 Å². The van der Waals surface area contributed by atoms with Gasteiger partial charge in [0, 0.05) is 0 Å². The molecule has 0 heterocycles. The molecule has 0 fully saturated rings. The molecule has 0 saturated heterocycles. The molecule has 1 amide bonds. The van der Waals surface area contributed by atoms with Crippen molar-refractivity contribution in [1.29, 1.82) is 0 Å². The third-order valence-electron chi connectivity index (χ3n) is 2.76. The van der Waals surface area contributed by atoms with Crippen molar-refractivity contribution >= 4 is 17.5 Å². The molecule has 104 valence electrons. The van der Waals surface area contributed by atoms with Crippen LogP contribution in [0.2, 0.25) is 5.02 Å². The summed E-state index contributed by atoms with van der Waals surface area (Å²) < 4.78 is 38.0. The van der Waals surface area contributed by atoms with Crippen molar-refractivity contribution in [2.24, 2.45) is 5.73 Å². The highest BCUT2D eigenvalue weighted by Crippen LogP contribution is 2.33. The molecule has 0 aliphatic heterocycles. The zero-order valence-corrected chi connectivity index (χ0v) is 10.8. The molecule has 0 aliphatic rings. The van der Waals surface area contributed by atoms with Crippen LogP contribution in [0.15, 0.2) is 42.5 Å². The molecular weight excluding hydrogens is 291 g/mol. The van der Waals surface area contributed by atoms with E-state index in [1.54, 1.807) is 0 Å². The molecule has 0 aliphatic carbocycles. The van der Waals surface area contributed by atoms with Crippen molar-refractivity contribution in [3.8, 4) is 11.1 Å². The molecule has 0 unspecified atom stereocenters. The maximum absolute atomic E-state index is 12.7. The Kier molecular flexibility index (Phi) is 3.72. The van der Waals surface area contributed by atoms with Gasteiger partial charge in [-0.3, -0.25) is 4.79 Å². The minimum atomic E-state index is -4.42. The molecule has 0 radical (unpaired) electrons. The monoisotopic (exact) mass is 299 g/mol. The second kappa shape index (κ2) is 5.17. The van der Waals surface area contributed by atoms with Crippen LogP contribution in [-0.4, -0.2) is 5.91 Å². The van der Waals surface area contributed by atoms with Gasteiger partial charge in [0.1, 0.15) is 0 Å². The third kappa shape index (κ3) is 2.93. The second-order valence-corrected chi connectivity index (χ2v) is 4.54. The summed E-state index contributed by atoms with van der Waals surface area (Å²) in [6, 6.07) is 9.14. The van der Waals surface area contributed by atoms with Crippen molar-refractivity contribution in [2.75, 3.05) is 0 Å². The standard InChI is InChI=1S/C14H9ClF3NO/c15-12-5-4-9(7-11(12)13(19)20)8-2-1-3-10(6-8)14(16,17)18/h1-7H,(H2,19,20). The Morgan fingerprint density at radius 1 is 1.05 bits per heavy atom. The van der Waals surface area contributed by atoms with Gasteiger partial charge in [-0.25, -0.2) is 0 Å². The highest BCUT2D eigenvalue weighted by atomic mass is 35.5. The zero-order valence-electron chi connectivity index (χ0n) is 10.0. The number of nitrogens with two attached hydrogens (primary N) is 1. The molecule has 0 aromatic heterocycles. The molecule has 6 heteroatoms. The lowest BCUT2D eigenvalue weighted by molar-refractivity contribution is -0.137. The number of halogens is 4. The fourth-order valence-corrected chi connectivity index (χ4v) is 1.98. The summed E-state index contributed by atoms with van der Waals surface area (Å²) in [5, 5.41) is 0.160. The normalized spacial score (nSPS) is 11.4. The summed E-state index contributed by atoms with van der Waals surface area (Å²) in [5.41, 5.74) is 5.24. The summed E-state index contributed by atoms with van der Waals surface area (Å²) in [4.78, 5) is 11.2. The highest BCUT2D eigenvalue weighted by Gasteiger charge is 2.30. The van der Waals surface area contributed by atoms with Gasteiger partial charge < -0.3 is 5.73 Å². The number of rotatable bonds is 2. The topological polar surface area (TPSA) is 43.1 Å². The van der Waals surface area contributed by atoms with Gasteiger partial charge in [0.05, 0.1) is 16.1 Å². The molecule has 2 aromatic rings. The van der Waals surface area contributed by atoms with E-state index < -0.39 is 17.6 Å². The number of benzene rings is 2. The van der Waals surface area contributed by atoms with E-state index in [4.69, 9.17) is 17.3 Å². The first kappa shape index (κ1) is 14.4. The van der Waals surface area contributed by atoms with Gasteiger partial charge in [0.15, 0.2) is 0 Å². The lowest BCUT2D eigenvalue weighted by atomic mass is 10.0. The van der Waals surface area contributed by atoms with Crippen molar-refractivity contribution in [3.05, 3.63) is 58.6 Å². The Balaban J connectivity index is 2.52. The molecular formula is C14H9ClF3NO. The summed E-state index contributed by atoms with van der Waals surface area (Å²) in [7, 11) is 0. The summed E-state index contributed by atoms with van der Waals surface area (Å²) in [6.45, 7) is 0. The molecule has 0 saturated carbocycles. The van der Waals surface area contributed by atoms with Gasteiger partial charge in [-0.2, -0.15) is 13.2 Å². The number of carbonyl (C=O) groups is 1. The first-order valence-electron chi connectivity index (χ1n) is 5.56. The van der Waals surface area contributed by atoms with E-state index in [1.165, 1.54) is 30.3 Å². The lowest BCUT2D eigenvalue weighted by Crippen LogP contribution is -2.11. The van der Waals surface area contributed by atoms with E-state index in [0.29, 0.717) is 11.1 Å². The van der Waals surface area contributed by atoms with Gasteiger partial charge in [0.2, 0.25) is 5.91 Å². The Bertz CT molecular complexity index is 668. The Hall–Kier alpha value is -2.01. The van der Waals surface area contributed by atoms with Gasteiger partial charge in [-0.1, -0.05) is 29.8 Å². The number of hydrogen-bond acceptors (Lipinski definition) is 1. The molecule has 20 heavy (non-hydrogen) atoms. The molecule has 0 atom stereocenters. The van der Waals surface area contributed by atoms with E-state index >= 15 is 0 Å². The maximum Gasteiger partial charge on any atom is 0.416 e. The van der Waals surface area contributed by atoms with E-state index in [1.807, 2.05) is 0 Å². The van der Waals surface area contributed by atoms with Crippen LogP contribution in [0.5, 0.6) is 0 Å². The molecule has 2 rings (SSSR count). The minimum Gasteiger partial charge on any atom is -0.366 e. The predicted octanol–water partition coefficient (Wildman–Crippen LogP) is 4.12. The van der Waals surface area contributed by atoms with E-state index in [9.17, 15) is 18.0 Å². The van der Waals surface area contributed by atoms with E-state index in [0.717, 1.165) is 12.1 Å². The van der Waals surface area contributed by atoms with Gasteiger partial charge >= 0.3 is 6.18 Å². The number of alkyl halides is 3. The largest absolute Gasteiger partial charge is 0.416 e. The molecule has 2 nitrogen and oxygen atoms in total. The average molecular weight is 300 g/mol. The van der Waals surface area contributed by atoms with E-state index in [2.05, 4.69) is 0 Å². The Morgan fingerprint density at radius 3 is 2.30 bits per heavy atom. The minimum absolute atomic E-state index is 0.0709. The molecule has 2 N–H and O–H groups in total.